The zero-order chi connectivity index (χ0) is 11.5. The highest BCUT2D eigenvalue weighted by atomic mass is 16.5. The molecule has 82 valence electrons. The van der Waals surface area contributed by atoms with Gasteiger partial charge in [-0.1, -0.05) is 6.07 Å². The minimum atomic E-state index is 0.168. The predicted molar refractivity (Wildman–Crippen MR) is 63.1 cm³/mol. The van der Waals surface area contributed by atoms with Crippen LogP contribution in [-0.4, -0.2) is 17.8 Å². The van der Waals surface area contributed by atoms with Crippen molar-refractivity contribution in [1.82, 2.24) is 4.57 Å². The first-order valence-corrected chi connectivity index (χ1v) is 5.27. The third-order valence-electron chi connectivity index (χ3n) is 2.79. The summed E-state index contributed by atoms with van der Waals surface area (Å²) in [5.41, 5.74) is 1.81. The number of fused-ring (bicyclic) bond motifs is 1. The van der Waals surface area contributed by atoms with E-state index in [9.17, 15) is 0 Å². The van der Waals surface area contributed by atoms with Gasteiger partial charge in [-0.15, -0.1) is 0 Å². The smallest absolute Gasteiger partial charge is 0.0998 e. The second kappa shape index (κ2) is 4.38. The molecule has 0 amide bonds. The summed E-state index contributed by atoms with van der Waals surface area (Å²) in [5, 5.41) is 10.00. The van der Waals surface area contributed by atoms with E-state index >= 15 is 0 Å². The van der Waals surface area contributed by atoms with Crippen LogP contribution in [0.25, 0.3) is 10.9 Å². The van der Waals surface area contributed by atoms with Crippen molar-refractivity contribution in [1.29, 1.82) is 5.26 Å². The maximum Gasteiger partial charge on any atom is 0.0998 e. The largest absolute Gasteiger partial charge is 0.380 e. The molecule has 0 aliphatic carbocycles. The molecule has 0 radical (unpaired) electrons. The molecular weight excluding hydrogens is 200 g/mol. The maximum atomic E-state index is 8.99. The molecule has 3 heteroatoms. The normalized spacial score (nSPS) is 12.6. The summed E-state index contributed by atoms with van der Waals surface area (Å²) >= 11 is 0. The van der Waals surface area contributed by atoms with E-state index in [1.807, 2.05) is 37.4 Å². The lowest BCUT2D eigenvalue weighted by atomic mass is 10.1. The van der Waals surface area contributed by atoms with Crippen molar-refractivity contribution in [3.8, 4) is 6.07 Å². The molecule has 16 heavy (non-hydrogen) atoms. The quantitative estimate of drug-likeness (QED) is 0.787. The van der Waals surface area contributed by atoms with Crippen molar-refractivity contribution in [2.45, 2.75) is 19.6 Å². The lowest BCUT2D eigenvalue weighted by molar-refractivity contribution is 0.104. The summed E-state index contributed by atoms with van der Waals surface area (Å²) in [5.74, 6) is 0. The Kier molecular flexibility index (Phi) is 2.93. The van der Waals surface area contributed by atoms with Crippen molar-refractivity contribution in [2.75, 3.05) is 7.11 Å². The Bertz CT molecular complexity index is 536. The molecule has 1 heterocycles. The van der Waals surface area contributed by atoms with Crippen LogP contribution >= 0.6 is 0 Å². The van der Waals surface area contributed by atoms with Crippen LogP contribution in [0, 0.1) is 11.3 Å². The second-order valence-electron chi connectivity index (χ2n) is 3.86. The van der Waals surface area contributed by atoms with Crippen molar-refractivity contribution < 1.29 is 4.74 Å². The molecule has 1 aromatic heterocycles. The van der Waals surface area contributed by atoms with Crippen molar-refractivity contribution in [2.24, 2.45) is 0 Å². The Morgan fingerprint density at radius 1 is 1.44 bits per heavy atom. The molecule has 2 rings (SSSR count). The van der Waals surface area contributed by atoms with Crippen LogP contribution < -0.4 is 0 Å². The SMILES string of the molecule is COC(C)Cn1ccc2c(C#N)cccc21. The van der Waals surface area contributed by atoms with E-state index in [1.165, 1.54) is 0 Å². The molecule has 3 nitrogen and oxygen atoms in total. The molecule has 1 atom stereocenters. The second-order valence-corrected chi connectivity index (χ2v) is 3.86. The van der Waals surface area contributed by atoms with Gasteiger partial charge in [0.1, 0.15) is 0 Å². The van der Waals surface area contributed by atoms with Crippen LogP contribution in [0.2, 0.25) is 0 Å². The van der Waals surface area contributed by atoms with Crippen LogP contribution in [0.5, 0.6) is 0 Å². The Morgan fingerprint density at radius 2 is 2.25 bits per heavy atom. The van der Waals surface area contributed by atoms with Gasteiger partial charge in [0, 0.05) is 30.8 Å². The van der Waals surface area contributed by atoms with Gasteiger partial charge in [-0.3, -0.25) is 0 Å². The van der Waals surface area contributed by atoms with Gasteiger partial charge < -0.3 is 9.30 Å². The maximum absolute atomic E-state index is 8.99. The number of ether oxygens (including phenoxy) is 1. The Morgan fingerprint density at radius 3 is 2.94 bits per heavy atom. The number of hydrogen-bond acceptors (Lipinski definition) is 2. The number of benzene rings is 1. The predicted octanol–water partition coefficient (Wildman–Crippen LogP) is 2.55. The van der Waals surface area contributed by atoms with Crippen molar-refractivity contribution >= 4 is 10.9 Å². The lowest BCUT2D eigenvalue weighted by Gasteiger charge is -2.11. The third kappa shape index (κ3) is 1.80. The van der Waals surface area contributed by atoms with Gasteiger partial charge in [0.05, 0.1) is 17.7 Å². The lowest BCUT2D eigenvalue weighted by Crippen LogP contribution is -2.13. The topological polar surface area (TPSA) is 38.0 Å². The minimum absolute atomic E-state index is 0.168. The van der Waals surface area contributed by atoms with Crippen molar-refractivity contribution in [3.63, 3.8) is 0 Å². The molecule has 1 aromatic carbocycles. The molecule has 2 aromatic rings. The Labute approximate surface area is 94.9 Å². The first-order valence-electron chi connectivity index (χ1n) is 5.27. The van der Waals surface area contributed by atoms with E-state index in [1.54, 1.807) is 7.11 Å². The molecular formula is C13H14N2O. The summed E-state index contributed by atoms with van der Waals surface area (Å²) in [4.78, 5) is 0. The van der Waals surface area contributed by atoms with Gasteiger partial charge in [-0.05, 0) is 25.1 Å². The van der Waals surface area contributed by atoms with E-state index in [0.717, 1.165) is 23.0 Å². The summed E-state index contributed by atoms with van der Waals surface area (Å²) < 4.78 is 7.36. The summed E-state index contributed by atoms with van der Waals surface area (Å²) in [7, 11) is 1.71. The number of aromatic nitrogens is 1. The Balaban J connectivity index is 2.46. The monoisotopic (exact) mass is 214 g/mol. The van der Waals surface area contributed by atoms with Crippen LogP contribution in [-0.2, 0) is 11.3 Å². The minimum Gasteiger partial charge on any atom is -0.380 e. The standard InChI is InChI=1S/C13H14N2O/c1-10(16-2)9-15-7-6-12-11(8-14)4-3-5-13(12)15/h3-7,10H,9H2,1-2H3. The van der Waals surface area contributed by atoms with E-state index in [-0.39, 0.29) is 6.10 Å². The number of hydrogen-bond donors (Lipinski definition) is 0. The average Bonchev–Trinajstić information content (AvgIpc) is 2.72. The summed E-state index contributed by atoms with van der Waals surface area (Å²) in [6, 6.07) is 9.97. The van der Waals surface area contributed by atoms with Gasteiger partial charge in [0.2, 0.25) is 0 Å². The molecule has 0 bridgehead atoms. The van der Waals surface area contributed by atoms with E-state index in [4.69, 9.17) is 10.00 Å². The fourth-order valence-electron chi connectivity index (χ4n) is 1.83. The number of nitriles is 1. The molecule has 0 saturated heterocycles. The summed E-state index contributed by atoms with van der Waals surface area (Å²) in [6.07, 6.45) is 2.17. The molecule has 0 fully saturated rings. The van der Waals surface area contributed by atoms with Crippen LogP contribution in [0.3, 0.4) is 0 Å². The number of nitrogens with zero attached hydrogens (tertiary/aromatic N) is 2. The van der Waals surface area contributed by atoms with E-state index in [0.29, 0.717) is 0 Å². The van der Waals surface area contributed by atoms with E-state index < -0.39 is 0 Å². The van der Waals surface area contributed by atoms with Gasteiger partial charge in [0.25, 0.3) is 0 Å². The highest BCUT2D eigenvalue weighted by molar-refractivity contribution is 5.85. The highest BCUT2D eigenvalue weighted by Gasteiger charge is 2.07. The molecule has 0 aliphatic rings. The molecule has 0 spiro atoms. The molecule has 0 N–H and O–H groups in total. The van der Waals surface area contributed by atoms with Gasteiger partial charge in [0.15, 0.2) is 0 Å². The highest BCUT2D eigenvalue weighted by Crippen LogP contribution is 2.20. The molecule has 0 saturated carbocycles. The number of methoxy groups -OCH3 is 1. The first kappa shape index (κ1) is 10.7. The van der Waals surface area contributed by atoms with Gasteiger partial charge in [-0.2, -0.15) is 5.26 Å². The fourth-order valence-corrected chi connectivity index (χ4v) is 1.83. The molecule has 0 aliphatic heterocycles. The van der Waals surface area contributed by atoms with Crippen molar-refractivity contribution in [3.05, 3.63) is 36.0 Å². The fraction of sp³-hybridized carbons (Fsp3) is 0.308. The van der Waals surface area contributed by atoms with Gasteiger partial charge in [-0.25, -0.2) is 0 Å². The van der Waals surface area contributed by atoms with Crippen LogP contribution in [0.15, 0.2) is 30.5 Å². The van der Waals surface area contributed by atoms with Gasteiger partial charge >= 0.3 is 0 Å². The van der Waals surface area contributed by atoms with Crippen LogP contribution in [0.1, 0.15) is 12.5 Å². The zero-order valence-electron chi connectivity index (χ0n) is 9.47. The molecule has 1 unspecified atom stereocenters. The zero-order valence-corrected chi connectivity index (χ0v) is 9.47. The summed E-state index contributed by atoms with van der Waals surface area (Å²) in [6.45, 7) is 2.83. The Hall–Kier alpha value is -1.79. The van der Waals surface area contributed by atoms with E-state index in [2.05, 4.69) is 10.6 Å². The van der Waals surface area contributed by atoms with Crippen LogP contribution in [0.4, 0.5) is 0 Å². The number of rotatable bonds is 3. The average molecular weight is 214 g/mol. The third-order valence-corrected chi connectivity index (χ3v) is 2.79. The first-order chi connectivity index (χ1) is 7.76.